The van der Waals surface area contributed by atoms with E-state index in [2.05, 4.69) is 55.6 Å². The Labute approximate surface area is 523 Å². The van der Waals surface area contributed by atoms with Gasteiger partial charge in [0.25, 0.3) is 0 Å². The quantitative estimate of drug-likeness (QED) is 0.0200. The first kappa shape index (κ1) is 79.2. The second-order valence-electron chi connectivity index (χ2n) is 25.0. The SMILES string of the molecule is CCCCCCC/C=C\C/C=C\C/C=C\CCCCCCCCC(=O)NC(COC1OC(CO)C(OC2OC(CO)C(OC3OC(CO)C(O)C(O)C3O)C(O)C2O)C(O)C1O)C(O)CCCCCCCCCCCCCCCCCCCCCCC. The molecule has 3 aliphatic rings. The highest BCUT2D eigenvalue weighted by molar-refractivity contribution is 5.76. The Bertz CT molecular complexity index is 1720. The molecule has 3 aliphatic heterocycles. The minimum atomic E-state index is -1.97. The van der Waals surface area contributed by atoms with Gasteiger partial charge in [0.1, 0.15) is 73.2 Å². The zero-order valence-electron chi connectivity index (χ0n) is 53.8. The first-order chi connectivity index (χ1) is 42.3. The topological polar surface area (TPSA) is 307 Å². The van der Waals surface area contributed by atoms with Gasteiger partial charge in [0.05, 0.1) is 38.6 Å². The molecule has 0 radical (unpaired) electrons. The third-order valence-corrected chi connectivity index (χ3v) is 17.5. The van der Waals surface area contributed by atoms with Gasteiger partial charge in [0.2, 0.25) is 5.91 Å². The van der Waals surface area contributed by atoms with Gasteiger partial charge in [-0.2, -0.15) is 0 Å². The normalized spacial score (nSPS) is 28.8. The predicted molar refractivity (Wildman–Crippen MR) is 337 cm³/mol. The molecule has 87 heavy (non-hydrogen) atoms. The van der Waals surface area contributed by atoms with Crippen LogP contribution in [0.2, 0.25) is 0 Å². The fraction of sp³-hybridized carbons (Fsp3) is 0.897. The number of hydrogen-bond donors (Lipinski definition) is 12. The van der Waals surface area contributed by atoms with E-state index < -0.39 is 124 Å². The summed E-state index contributed by atoms with van der Waals surface area (Å²) in [5, 5.41) is 121. The molecule has 0 spiro atoms. The Morgan fingerprint density at radius 3 is 1.18 bits per heavy atom. The Morgan fingerprint density at radius 1 is 0.414 bits per heavy atom. The van der Waals surface area contributed by atoms with E-state index in [1.54, 1.807) is 0 Å². The molecule has 19 heteroatoms. The average Bonchev–Trinajstić information content (AvgIpc) is 2.40. The van der Waals surface area contributed by atoms with Gasteiger partial charge < -0.3 is 89.9 Å². The van der Waals surface area contributed by atoms with Gasteiger partial charge in [-0.3, -0.25) is 4.79 Å². The summed E-state index contributed by atoms with van der Waals surface area (Å²) in [4.78, 5) is 13.4. The molecular formula is C68H125NO18. The molecule has 510 valence electrons. The molecule has 0 aromatic rings. The van der Waals surface area contributed by atoms with Crippen LogP contribution >= 0.6 is 0 Å². The Morgan fingerprint density at radius 2 is 0.759 bits per heavy atom. The number of amides is 1. The number of hydrogen-bond acceptors (Lipinski definition) is 18. The van der Waals surface area contributed by atoms with Crippen LogP contribution in [0.5, 0.6) is 0 Å². The lowest BCUT2D eigenvalue weighted by atomic mass is 9.96. The van der Waals surface area contributed by atoms with E-state index in [0.717, 1.165) is 77.0 Å². The maximum atomic E-state index is 13.4. The van der Waals surface area contributed by atoms with Crippen LogP contribution in [-0.4, -0.2) is 193 Å². The molecule has 0 saturated carbocycles. The molecule has 0 aromatic carbocycles. The smallest absolute Gasteiger partial charge is 0.220 e. The zero-order valence-corrected chi connectivity index (χ0v) is 53.8. The van der Waals surface area contributed by atoms with Crippen LogP contribution in [0.15, 0.2) is 36.5 Å². The van der Waals surface area contributed by atoms with Crippen molar-refractivity contribution in [1.82, 2.24) is 5.32 Å². The fourth-order valence-electron chi connectivity index (χ4n) is 11.8. The van der Waals surface area contributed by atoms with Crippen molar-refractivity contribution in [2.45, 2.75) is 362 Å². The number of aliphatic hydroxyl groups is 11. The zero-order chi connectivity index (χ0) is 63.3. The van der Waals surface area contributed by atoms with E-state index >= 15 is 0 Å². The third-order valence-electron chi connectivity index (χ3n) is 17.5. The van der Waals surface area contributed by atoms with Crippen molar-refractivity contribution in [3.05, 3.63) is 36.5 Å². The van der Waals surface area contributed by atoms with Gasteiger partial charge in [0.15, 0.2) is 18.9 Å². The standard InChI is InChI=1S/C68H125NO18/c1-3-5-7-9-11-13-15-17-19-21-23-25-27-29-31-33-35-37-39-41-43-45-52(73)51(69-56(74)46-44-42-40-38-36-34-32-30-28-26-24-22-20-18-16-14-12-10-8-6-4-2)50-82-66-62(80)59(77)64(54(48-71)84-66)87-68-63(81)60(78)65(55(49-72)85-68)86-67-61(79)58(76)57(75)53(47-70)83-67/h16,18,22,24,28,30,51-55,57-68,70-73,75-81H,3-15,17,19-21,23,25-27,29,31-50H2,1-2H3,(H,69,74)/b18-16-,24-22-,30-28-. The summed E-state index contributed by atoms with van der Waals surface area (Å²) in [6.45, 7) is 1.80. The number of allylic oxidation sites excluding steroid dienone is 6. The number of carbonyl (C=O) groups is 1. The van der Waals surface area contributed by atoms with Crippen molar-refractivity contribution in [1.29, 1.82) is 0 Å². The van der Waals surface area contributed by atoms with Crippen LogP contribution in [0, 0.1) is 0 Å². The molecule has 0 bridgehead atoms. The molecule has 0 aromatic heterocycles. The lowest BCUT2D eigenvalue weighted by Gasteiger charge is -2.48. The minimum Gasteiger partial charge on any atom is -0.394 e. The monoisotopic (exact) mass is 1240 g/mol. The molecule has 0 aliphatic carbocycles. The predicted octanol–water partition coefficient (Wildman–Crippen LogP) is 8.83. The number of unbranched alkanes of at least 4 members (excludes halogenated alkanes) is 31. The number of ether oxygens (including phenoxy) is 6. The van der Waals surface area contributed by atoms with Gasteiger partial charge in [-0.25, -0.2) is 0 Å². The van der Waals surface area contributed by atoms with E-state index in [1.807, 2.05) is 0 Å². The molecule has 3 fully saturated rings. The van der Waals surface area contributed by atoms with Crippen LogP contribution in [0.1, 0.15) is 258 Å². The van der Waals surface area contributed by atoms with Crippen LogP contribution in [0.25, 0.3) is 0 Å². The summed E-state index contributed by atoms with van der Waals surface area (Å²) in [6.07, 6.45) is 30.7. The molecule has 17 unspecified atom stereocenters. The summed E-state index contributed by atoms with van der Waals surface area (Å²) in [7, 11) is 0. The van der Waals surface area contributed by atoms with Crippen LogP contribution < -0.4 is 5.32 Å². The lowest BCUT2D eigenvalue weighted by molar-refractivity contribution is -0.379. The van der Waals surface area contributed by atoms with E-state index in [0.29, 0.717) is 12.8 Å². The Hall–Kier alpha value is -1.99. The van der Waals surface area contributed by atoms with E-state index in [9.17, 15) is 61.0 Å². The van der Waals surface area contributed by atoms with Gasteiger partial charge in [0, 0.05) is 6.42 Å². The van der Waals surface area contributed by atoms with Crippen molar-refractivity contribution in [2.24, 2.45) is 0 Å². The maximum Gasteiger partial charge on any atom is 0.220 e. The van der Waals surface area contributed by atoms with Crippen molar-refractivity contribution < 1.29 is 89.4 Å². The van der Waals surface area contributed by atoms with Crippen molar-refractivity contribution in [3.8, 4) is 0 Å². The minimum absolute atomic E-state index is 0.252. The highest BCUT2D eigenvalue weighted by atomic mass is 16.8. The highest BCUT2D eigenvalue weighted by Crippen LogP contribution is 2.33. The number of carbonyl (C=O) groups excluding carboxylic acids is 1. The largest absolute Gasteiger partial charge is 0.394 e. The Kier molecular flexibility index (Phi) is 46.0. The van der Waals surface area contributed by atoms with Gasteiger partial charge in [-0.05, 0) is 51.4 Å². The molecular weight excluding hydrogens is 1120 g/mol. The number of nitrogens with one attached hydrogen (secondary N) is 1. The molecule has 19 nitrogen and oxygen atoms in total. The lowest BCUT2D eigenvalue weighted by Crippen LogP contribution is -2.66. The molecule has 3 rings (SSSR count). The molecule has 1 amide bonds. The summed E-state index contributed by atoms with van der Waals surface area (Å²) in [5.41, 5.74) is 0. The maximum absolute atomic E-state index is 13.4. The first-order valence-electron chi connectivity index (χ1n) is 34.7. The summed E-state index contributed by atoms with van der Waals surface area (Å²) < 4.78 is 34.4. The van der Waals surface area contributed by atoms with Crippen molar-refractivity contribution in [2.75, 3.05) is 26.4 Å². The second-order valence-corrected chi connectivity index (χ2v) is 25.0. The van der Waals surface area contributed by atoms with Gasteiger partial charge >= 0.3 is 0 Å². The number of rotatable bonds is 53. The van der Waals surface area contributed by atoms with Crippen LogP contribution in [-0.2, 0) is 33.2 Å². The van der Waals surface area contributed by atoms with Gasteiger partial charge in [-0.1, -0.05) is 237 Å². The van der Waals surface area contributed by atoms with Crippen LogP contribution in [0.4, 0.5) is 0 Å². The van der Waals surface area contributed by atoms with Crippen molar-refractivity contribution >= 4 is 5.91 Å². The van der Waals surface area contributed by atoms with Crippen LogP contribution in [0.3, 0.4) is 0 Å². The summed E-state index contributed by atoms with van der Waals surface area (Å²) in [5.74, 6) is -0.253. The van der Waals surface area contributed by atoms with E-state index in [4.69, 9.17) is 28.4 Å². The van der Waals surface area contributed by atoms with Crippen molar-refractivity contribution in [3.63, 3.8) is 0 Å². The number of aliphatic hydroxyl groups excluding tert-OH is 11. The third kappa shape index (κ3) is 32.9. The highest BCUT2D eigenvalue weighted by Gasteiger charge is 2.53. The van der Waals surface area contributed by atoms with Gasteiger partial charge in [-0.15, -0.1) is 0 Å². The fourth-order valence-corrected chi connectivity index (χ4v) is 11.8. The summed E-state index contributed by atoms with van der Waals surface area (Å²) in [6, 6.07) is -0.895. The summed E-state index contributed by atoms with van der Waals surface area (Å²) >= 11 is 0. The molecule has 3 heterocycles. The molecule has 3 saturated heterocycles. The molecule has 12 N–H and O–H groups in total. The molecule has 17 atom stereocenters. The second kappa shape index (κ2) is 50.6. The van der Waals surface area contributed by atoms with E-state index in [-0.39, 0.29) is 18.9 Å². The average molecular weight is 1240 g/mol. The Balaban J connectivity index is 1.45. The first-order valence-corrected chi connectivity index (χ1v) is 34.7. The van der Waals surface area contributed by atoms with E-state index in [1.165, 1.54) is 148 Å².